The summed E-state index contributed by atoms with van der Waals surface area (Å²) in [6.07, 6.45) is 1.47. The monoisotopic (exact) mass is 493 g/mol. The number of halogens is 2. The molecule has 0 amide bonds. The van der Waals surface area contributed by atoms with Crippen LogP contribution in [-0.2, 0) is 11.3 Å². The summed E-state index contributed by atoms with van der Waals surface area (Å²) >= 11 is 6.43. The van der Waals surface area contributed by atoms with Crippen LogP contribution in [0.5, 0.6) is 5.75 Å². The van der Waals surface area contributed by atoms with Crippen molar-refractivity contribution in [3.63, 3.8) is 0 Å². The number of amidine groups is 1. The summed E-state index contributed by atoms with van der Waals surface area (Å²) in [6, 6.07) is 17.0. The molecule has 0 aliphatic heterocycles. The van der Waals surface area contributed by atoms with Gasteiger partial charge in [0.15, 0.2) is 12.6 Å². The summed E-state index contributed by atoms with van der Waals surface area (Å²) < 4.78 is 25.5. The Kier molecular flexibility index (Phi) is 7.49. The van der Waals surface area contributed by atoms with Crippen molar-refractivity contribution < 1.29 is 18.5 Å². The van der Waals surface area contributed by atoms with Gasteiger partial charge >= 0.3 is 0 Å². The Morgan fingerprint density at radius 2 is 2.03 bits per heavy atom. The normalized spacial score (nSPS) is 11.5. The van der Waals surface area contributed by atoms with Crippen molar-refractivity contribution in [2.75, 3.05) is 19.0 Å². The van der Waals surface area contributed by atoms with Crippen molar-refractivity contribution in [2.45, 2.75) is 6.61 Å². The van der Waals surface area contributed by atoms with Crippen molar-refractivity contribution in [1.82, 2.24) is 9.97 Å². The van der Waals surface area contributed by atoms with E-state index in [1.165, 1.54) is 30.3 Å². The summed E-state index contributed by atoms with van der Waals surface area (Å²) in [5.74, 6) is 1.03. The number of nitrogens with two attached hydrogens (primary N) is 1. The summed E-state index contributed by atoms with van der Waals surface area (Å²) in [5.41, 5.74) is 8.65. The first-order valence-corrected chi connectivity index (χ1v) is 10.9. The van der Waals surface area contributed by atoms with Crippen LogP contribution in [0.2, 0.25) is 5.02 Å². The molecular formula is C25H23ClFN6O2+. The molecule has 8 nitrogen and oxygen atoms in total. The average molecular weight is 494 g/mol. The van der Waals surface area contributed by atoms with Crippen LogP contribution < -0.4 is 15.8 Å². The molecule has 0 saturated heterocycles. The van der Waals surface area contributed by atoms with E-state index in [1.807, 2.05) is 24.3 Å². The summed E-state index contributed by atoms with van der Waals surface area (Å²) in [5, 5.41) is 8.62. The smallest absolute Gasteiger partial charge is 0.238 e. The maximum atomic E-state index is 13.4. The lowest BCUT2D eigenvalue weighted by Gasteiger charge is -2.12. The molecule has 0 radical (unpaired) electrons. The Balaban J connectivity index is 1.54. The Morgan fingerprint density at radius 1 is 1.17 bits per heavy atom. The van der Waals surface area contributed by atoms with Crippen molar-refractivity contribution >= 4 is 52.2 Å². The fourth-order valence-electron chi connectivity index (χ4n) is 3.31. The van der Waals surface area contributed by atoms with Gasteiger partial charge in [-0.15, -0.1) is 0 Å². The van der Waals surface area contributed by atoms with Gasteiger partial charge in [-0.25, -0.2) is 14.4 Å². The third-order valence-corrected chi connectivity index (χ3v) is 5.23. The van der Waals surface area contributed by atoms with Gasteiger partial charge in [-0.2, -0.15) is 0 Å². The second-order valence-corrected chi connectivity index (χ2v) is 7.94. The lowest BCUT2D eigenvalue weighted by molar-refractivity contribution is -0.436. The van der Waals surface area contributed by atoms with Crippen LogP contribution in [0.1, 0.15) is 5.56 Å². The number of methoxy groups -OCH3 is 1. The van der Waals surface area contributed by atoms with Crippen LogP contribution in [0.3, 0.4) is 0 Å². The number of benzene rings is 3. The van der Waals surface area contributed by atoms with Gasteiger partial charge in [0.1, 0.15) is 36.9 Å². The molecule has 3 aromatic carbocycles. The molecule has 0 aliphatic carbocycles. The molecule has 0 spiro atoms. The number of aromatic nitrogens is 2. The molecule has 0 saturated carbocycles. The number of hydrogen-bond acceptors (Lipinski definition) is 6. The molecule has 0 fully saturated rings. The summed E-state index contributed by atoms with van der Waals surface area (Å²) in [7, 11) is 1.54. The molecule has 10 heteroatoms. The number of nitrogens with one attached hydrogen (secondary N) is 1. The number of rotatable bonds is 9. The predicted molar refractivity (Wildman–Crippen MR) is 136 cm³/mol. The first kappa shape index (κ1) is 24.1. The fraction of sp³-hybridized carbons (Fsp3) is 0.120. The van der Waals surface area contributed by atoms with Gasteiger partial charge in [-0.3, -0.25) is 0 Å². The maximum Gasteiger partial charge on any atom is 0.238 e. The highest BCUT2D eigenvalue weighted by Gasteiger charge is 2.13. The quantitative estimate of drug-likeness (QED) is 0.147. The number of hydrogen-bond donors (Lipinski definition) is 2. The fourth-order valence-corrected chi connectivity index (χ4v) is 3.55. The van der Waals surface area contributed by atoms with Crippen LogP contribution in [-0.4, -0.2) is 40.9 Å². The molecule has 4 aromatic rings. The number of nitrogens with zero attached hydrogens (tertiary/aromatic N) is 4. The van der Waals surface area contributed by atoms with Crippen molar-refractivity contribution in [3.8, 4) is 5.75 Å². The second-order valence-electron chi connectivity index (χ2n) is 7.54. The van der Waals surface area contributed by atoms with Crippen molar-refractivity contribution in [3.05, 3.63) is 83.4 Å². The number of hydrazone groups is 1. The molecule has 3 N–H and O–H groups in total. The van der Waals surface area contributed by atoms with E-state index in [1.54, 1.807) is 24.3 Å². The largest absolute Gasteiger partial charge is 0.487 e. The number of fused-ring (bicyclic) bond motifs is 1. The molecule has 4 rings (SSSR count). The Hall–Kier alpha value is -4.08. The minimum atomic E-state index is -0.316. The van der Waals surface area contributed by atoms with Crippen LogP contribution in [0.4, 0.5) is 21.6 Å². The maximum absolute atomic E-state index is 13.4. The van der Waals surface area contributed by atoms with E-state index in [9.17, 15) is 4.39 Å². The minimum absolute atomic E-state index is 0.193. The number of ether oxygens (including phenoxy) is 2. The zero-order valence-corrected chi connectivity index (χ0v) is 19.7. The van der Waals surface area contributed by atoms with E-state index in [0.29, 0.717) is 39.4 Å². The van der Waals surface area contributed by atoms with E-state index in [0.717, 1.165) is 10.9 Å². The molecule has 35 heavy (non-hydrogen) atoms. The van der Waals surface area contributed by atoms with E-state index in [4.69, 9.17) is 26.8 Å². The Bertz CT molecular complexity index is 1410. The van der Waals surface area contributed by atoms with Crippen molar-refractivity contribution in [1.29, 1.82) is 0 Å². The van der Waals surface area contributed by atoms with Gasteiger partial charge in [-0.05, 0) is 42.0 Å². The van der Waals surface area contributed by atoms with E-state index in [2.05, 4.69) is 27.1 Å². The van der Waals surface area contributed by atoms with Gasteiger partial charge < -0.3 is 20.5 Å². The van der Waals surface area contributed by atoms with E-state index < -0.39 is 0 Å². The van der Waals surface area contributed by atoms with Crippen LogP contribution in [0, 0.1) is 5.82 Å². The third kappa shape index (κ3) is 6.08. The molecule has 0 aliphatic rings. The van der Waals surface area contributed by atoms with Crippen molar-refractivity contribution in [2.24, 2.45) is 10.8 Å². The average Bonchev–Trinajstić information content (AvgIpc) is 2.83. The lowest BCUT2D eigenvalue weighted by Crippen LogP contribution is -2.20. The Labute approximate surface area is 206 Å². The summed E-state index contributed by atoms with van der Waals surface area (Å²) in [6.45, 7) is 4.30. The van der Waals surface area contributed by atoms with Crippen LogP contribution in [0.25, 0.3) is 10.9 Å². The lowest BCUT2D eigenvalue weighted by atomic mass is 10.2. The molecule has 178 valence electrons. The van der Waals surface area contributed by atoms with Gasteiger partial charge in [0.05, 0.1) is 10.5 Å². The van der Waals surface area contributed by atoms with Crippen LogP contribution >= 0.6 is 11.6 Å². The standard InChI is InChI=1S/C25H23ClFN6O2/c1-33(32-24(28)14-34-2)19-7-8-22-20(12-19)25(30-15-29-22)31-18-6-9-23(21(26)11-18)35-13-16-4-3-5-17(27)10-16/h3-12,15H,1,13-14H2,2H3,(H2,28,32)(H,29,30,31)/q+1. The molecule has 0 bridgehead atoms. The topological polar surface area (TPSA) is 97.7 Å². The molecule has 1 aromatic heterocycles. The van der Waals surface area contributed by atoms with Gasteiger partial charge in [0.2, 0.25) is 5.69 Å². The van der Waals surface area contributed by atoms with Gasteiger partial charge in [0.25, 0.3) is 0 Å². The zero-order chi connectivity index (χ0) is 24.8. The highest BCUT2D eigenvalue weighted by molar-refractivity contribution is 6.32. The molecule has 1 heterocycles. The van der Waals surface area contributed by atoms with E-state index >= 15 is 0 Å². The zero-order valence-electron chi connectivity index (χ0n) is 18.9. The number of anilines is 2. The minimum Gasteiger partial charge on any atom is -0.487 e. The molecule has 0 unspecified atom stereocenters. The first-order chi connectivity index (χ1) is 16.9. The third-order valence-electron chi connectivity index (χ3n) is 4.94. The molecule has 0 atom stereocenters. The Morgan fingerprint density at radius 3 is 2.80 bits per heavy atom. The highest BCUT2D eigenvalue weighted by Crippen LogP contribution is 2.32. The molecular weight excluding hydrogens is 471 g/mol. The van der Waals surface area contributed by atoms with E-state index in [-0.39, 0.29) is 19.0 Å². The SMILES string of the molecule is C=[N+](N=C(N)COC)c1ccc2ncnc(Nc3ccc(OCc4cccc(F)c4)c(Cl)c3)c2c1. The van der Waals surface area contributed by atoms with Gasteiger partial charge in [0, 0.05) is 35.4 Å². The van der Waals surface area contributed by atoms with Gasteiger partial charge in [-0.1, -0.05) is 28.4 Å². The van der Waals surface area contributed by atoms with Crippen LogP contribution in [0.15, 0.2) is 72.1 Å². The predicted octanol–water partition coefficient (Wildman–Crippen LogP) is 5.01. The summed E-state index contributed by atoms with van der Waals surface area (Å²) in [4.78, 5) is 8.70. The second kappa shape index (κ2) is 10.9. The first-order valence-electron chi connectivity index (χ1n) is 10.5. The highest BCUT2D eigenvalue weighted by atomic mass is 35.5.